The monoisotopic (exact) mass is 288 g/mol. The molecule has 114 valence electrons. The summed E-state index contributed by atoms with van der Waals surface area (Å²) in [7, 11) is 4.16. The van der Waals surface area contributed by atoms with Crippen LogP contribution in [0.1, 0.15) is 31.4 Å². The molecule has 21 heavy (non-hydrogen) atoms. The minimum absolute atomic E-state index is 0.228. The predicted molar refractivity (Wildman–Crippen MR) is 83.9 cm³/mol. The molecule has 0 fully saturated rings. The van der Waals surface area contributed by atoms with Gasteiger partial charge in [0, 0.05) is 24.8 Å². The van der Waals surface area contributed by atoms with Gasteiger partial charge in [0.1, 0.15) is 5.69 Å². The first-order chi connectivity index (χ1) is 10.1. The van der Waals surface area contributed by atoms with Gasteiger partial charge in [0.2, 0.25) is 0 Å². The Hall–Kier alpha value is -1.72. The van der Waals surface area contributed by atoms with E-state index >= 15 is 0 Å². The van der Waals surface area contributed by atoms with Crippen molar-refractivity contribution in [1.29, 1.82) is 0 Å². The Kier molecular flexibility index (Phi) is 5.47. The standard InChI is InChI=1S/C16H24N4O/c1-13(19(2)3)14-7-6-8-15(11-14)16-12-20(18-17-16)9-4-5-10-21/h6-8,11-13,21H,4-5,9-10H2,1-3H3/t13-/m0/s1. The lowest BCUT2D eigenvalue weighted by Gasteiger charge is -2.20. The fraction of sp³-hybridized carbons (Fsp3) is 0.500. The van der Waals surface area contributed by atoms with Gasteiger partial charge in [-0.25, -0.2) is 0 Å². The van der Waals surface area contributed by atoms with E-state index in [1.165, 1.54) is 5.56 Å². The summed E-state index contributed by atoms with van der Waals surface area (Å²) in [5.74, 6) is 0. The van der Waals surface area contributed by atoms with Crippen molar-refractivity contribution in [2.24, 2.45) is 0 Å². The number of hydrogen-bond donors (Lipinski definition) is 1. The molecule has 1 N–H and O–H groups in total. The first kappa shape index (κ1) is 15.7. The summed E-state index contributed by atoms with van der Waals surface area (Å²) in [6.45, 7) is 3.21. The van der Waals surface area contributed by atoms with Gasteiger partial charge in [-0.05, 0) is 45.5 Å². The van der Waals surface area contributed by atoms with Crippen molar-refractivity contribution in [2.75, 3.05) is 20.7 Å². The molecule has 1 heterocycles. The van der Waals surface area contributed by atoms with Crippen molar-refractivity contribution in [3.63, 3.8) is 0 Å². The molecule has 0 aliphatic rings. The minimum atomic E-state index is 0.228. The Labute approximate surface area is 126 Å². The lowest BCUT2D eigenvalue weighted by Crippen LogP contribution is -2.16. The van der Waals surface area contributed by atoms with Gasteiger partial charge in [-0.15, -0.1) is 5.10 Å². The van der Waals surface area contributed by atoms with Crippen molar-refractivity contribution in [3.05, 3.63) is 36.0 Å². The fourth-order valence-electron chi connectivity index (χ4n) is 2.18. The Morgan fingerprint density at radius 2 is 2.10 bits per heavy atom. The van der Waals surface area contributed by atoms with Crippen LogP contribution in [0.3, 0.4) is 0 Å². The molecule has 0 aliphatic heterocycles. The molecule has 0 spiro atoms. The summed E-state index contributed by atoms with van der Waals surface area (Å²) in [6, 6.07) is 8.81. The van der Waals surface area contributed by atoms with Gasteiger partial charge in [-0.2, -0.15) is 0 Å². The van der Waals surface area contributed by atoms with Crippen molar-refractivity contribution >= 4 is 0 Å². The Morgan fingerprint density at radius 3 is 2.81 bits per heavy atom. The largest absolute Gasteiger partial charge is 0.396 e. The zero-order valence-electron chi connectivity index (χ0n) is 13.0. The molecular weight excluding hydrogens is 264 g/mol. The second-order valence-corrected chi connectivity index (χ2v) is 5.56. The highest BCUT2D eigenvalue weighted by molar-refractivity contribution is 5.58. The molecule has 1 aromatic heterocycles. The number of aryl methyl sites for hydroxylation is 1. The van der Waals surface area contributed by atoms with E-state index < -0.39 is 0 Å². The van der Waals surface area contributed by atoms with E-state index in [-0.39, 0.29) is 6.61 Å². The van der Waals surface area contributed by atoms with Crippen LogP contribution >= 0.6 is 0 Å². The van der Waals surface area contributed by atoms with Gasteiger partial charge in [0.15, 0.2) is 0 Å². The van der Waals surface area contributed by atoms with Gasteiger partial charge >= 0.3 is 0 Å². The molecule has 5 heteroatoms. The van der Waals surface area contributed by atoms with Crippen molar-refractivity contribution in [2.45, 2.75) is 32.4 Å². The zero-order valence-corrected chi connectivity index (χ0v) is 13.0. The number of hydrogen-bond acceptors (Lipinski definition) is 4. The first-order valence-electron chi connectivity index (χ1n) is 7.39. The number of aliphatic hydroxyl groups excluding tert-OH is 1. The summed E-state index contributed by atoms with van der Waals surface area (Å²) in [5.41, 5.74) is 3.26. The lowest BCUT2D eigenvalue weighted by molar-refractivity contribution is 0.280. The molecule has 0 aliphatic carbocycles. The van der Waals surface area contributed by atoms with Crippen LogP contribution in [0.2, 0.25) is 0 Å². The second kappa shape index (κ2) is 7.33. The van der Waals surface area contributed by atoms with Gasteiger partial charge in [-0.1, -0.05) is 23.4 Å². The van der Waals surface area contributed by atoms with Crippen LogP contribution in [0, 0.1) is 0 Å². The highest BCUT2D eigenvalue weighted by Crippen LogP contribution is 2.23. The summed E-state index contributed by atoms with van der Waals surface area (Å²) in [4.78, 5) is 2.19. The molecule has 0 saturated heterocycles. The normalized spacial score (nSPS) is 12.8. The second-order valence-electron chi connectivity index (χ2n) is 5.56. The van der Waals surface area contributed by atoms with E-state index in [1.54, 1.807) is 0 Å². The Balaban J connectivity index is 2.13. The van der Waals surface area contributed by atoms with E-state index in [0.717, 1.165) is 30.6 Å². The topological polar surface area (TPSA) is 54.2 Å². The van der Waals surface area contributed by atoms with Gasteiger partial charge in [-0.3, -0.25) is 4.68 Å². The third-order valence-electron chi connectivity index (χ3n) is 3.77. The summed E-state index contributed by atoms with van der Waals surface area (Å²) < 4.78 is 1.84. The molecule has 0 radical (unpaired) electrons. The molecule has 0 unspecified atom stereocenters. The molecule has 5 nitrogen and oxygen atoms in total. The predicted octanol–water partition coefficient (Wildman–Crippen LogP) is 2.34. The van der Waals surface area contributed by atoms with Crippen molar-refractivity contribution in [3.8, 4) is 11.3 Å². The fourth-order valence-corrected chi connectivity index (χ4v) is 2.18. The Bertz CT molecular complexity index is 565. The molecule has 1 atom stereocenters. The van der Waals surface area contributed by atoms with Crippen LogP contribution < -0.4 is 0 Å². The van der Waals surface area contributed by atoms with Gasteiger partial charge in [0.05, 0.1) is 6.20 Å². The molecule has 0 saturated carbocycles. The number of aliphatic hydroxyl groups is 1. The zero-order chi connectivity index (χ0) is 15.2. The van der Waals surface area contributed by atoms with Crippen LogP contribution in [-0.2, 0) is 6.54 Å². The highest BCUT2D eigenvalue weighted by atomic mass is 16.2. The third kappa shape index (κ3) is 4.12. The van der Waals surface area contributed by atoms with Gasteiger partial charge in [0.25, 0.3) is 0 Å². The smallest absolute Gasteiger partial charge is 0.113 e. The molecule has 2 rings (SSSR count). The number of nitrogens with zero attached hydrogens (tertiary/aromatic N) is 4. The van der Waals surface area contributed by atoms with Crippen molar-refractivity contribution in [1.82, 2.24) is 19.9 Å². The lowest BCUT2D eigenvalue weighted by atomic mass is 10.0. The summed E-state index contributed by atoms with van der Waals surface area (Å²) >= 11 is 0. The SMILES string of the molecule is C[C@@H](c1cccc(-c2cn(CCCCO)nn2)c1)N(C)C. The van der Waals surface area contributed by atoms with E-state index in [2.05, 4.69) is 60.5 Å². The number of aromatic nitrogens is 3. The molecule has 1 aromatic carbocycles. The highest BCUT2D eigenvalue weighted by Gasteiger charge is 2.10. The van der Waals surface area contributed by atoms with Crippen LogP contribution in [0.4, 0.5) is 0 Å². The maximum atomic E-state index is 8.81. The van der Waals surface area contributed by atoms with Crippen LogP contribution in [0.15, 0.2) is 30.5 Å². The average Bonchev–Trinajstić information content (AvgIpc) is 2.96. The first-order valence-corrected chi connectivity index (χ1v) is 7.39. The molecule has 0 bridgehead atoms. The molecule has 0 amide bonds. The van der Waals surface area contributed by atoms with Crippen molar-refractivity contribution < 1.29 is 5.11 Å². The van der Waals surface area contributed by atoms with Crippen LogP contribution in [-0.4, -0.2) is 45.7 Å². The average molecular weight is 288 g/mol. The van der Waals surface area contributed by atoms with Crippen LogP contribution in [0.25, 0.3) is 11.3 Å². The minimum Gasteiger partial charge on any atom is -0.396 e. The van der Waals surface area contributed by atoms with E-state index in [0.29, 0.717) is 6.04 Å². The number of rotatable bonds is 7. The third-order valence-corrected chi connectivity index (χ3v) is 3.77. The quantitative estimate of drug-likeness (QED) is 0.795. The van der Waals surface area contributed by atoms with Gasteiger partial charge < -0.3 is 10.0 Å². The van der Waals surface area contributed by atoms with E-state index in [4.69, 9.17) is 5.11 Å². The van der Waals surface area contributed by atoms with E-state index in [1.807, 2.05) is 10.9 Å². The number of benzene rings is 1. The number of unbranched alkanes of at least 4 members (excludes halogenated alkanes) is 1. The Morgan fingerprint density at radius 1 is 1.29 bits per heavy atom. The molecular formula is C16H24N4O. The maximum absolute atomic E-state index is 8.81. The van der Waals surface area contributed by atoms with Crippen LogP contribution in [0.5, 0.6) is 0 Å². The summed E-state index contributed by atoms with van der Waals surface area (Å²) in [6.07, 6.45) is 3.68. The maximum Gasteiger partial charge on any atom is 0.113 e. The molecule has 2 aromatic rings. The van der Waals surface area contributed by atoms with E-state index in [9.17, 15) is 0 Å². The summed E-state index contributed by atoms with van der Waals surface area (Å²) in [5, 5.41) is 17.2.